The highest BCUT2D eigenvalue weighted by atomic mass is 16.5. The second kappa shape index (κ2) is 6.62. The lowest BCUT2D eigenvalue weighted by Crippen LogP contribution is -2.17. The third-order valence-corrected chi connectivity index (χ3v) is 2.00. The number of ether oxygens (including phenoxy) is 1. The average Bonchev–Trinajstić information content (AvgIpc) is 2.03. The summed E-state index contributed by atoms with van der Waals surface area (Å²) >= 11 is 0. The van der Waals surface area contributed by atoms with Crippen molar-refractivity contribution in [1.29, 1.82) is 0 Å². The van der Waals surface area contributed by atoms with Crippen LogP contribution >= 0.6 is 0 Å². The molecule has 2 atom stereocenters. The minimum atomic E-state index is -0.157. The zero-order valence-corrected chi connectivity index (χ0v) is 7.84. The molecular weight excluding hydrogens is 140 g/mol. The summed E-state index contributed by atoms with van der Waals surface area (Å²) < 4.78 is 5.19. The van der Waals surface area contributed by atoms with Crippen LogP contribution in [0.4, 0.5) is 0 Å². The molecule has 0 amide bonds. The van der Waals surface area contributed by atoms with Gasteiger partial charge in [0.05, 0.1) is 6.10 Å². The Balaban J connectivity index is 3.28. The summed E-state index contributed by atoms with van der Waals surface area (Å²) in [5, 5.41) is 9.37. The Hall–Kier alpha value is -0.0800. The van der Waals surface area contributed by atoms with Gasteiger partial charge in [-0.05, 0) is 25.7 Å². The molecular formula is C9H20O2. The van der Waals surface area contributed by atoms with Crippen molar-refractivity contribution in [3.05, 3.63) is 0 Å². The topological polar surface area (TPSA) is 29.5 Å². The van der Waals surface area contributed by atoms with Crippen molar-refractivity contribution in [3.63, 3.8) is 0 Å². The van der Waals surface area contributed by atoms with Gasteiger partial charge < -0.3 is 9.84 Å². The van der Waals surface area contributed by atoms with Gasteiger partial charge in [-0.2, -0.15) is 0 Å². The van der Waals surface area contributed by atoms with E-state index in [9.17, 15) is 5.11 Å². The van der Waals surface area contributed by atoms with Crippen LogP contribution in [0.3, 0.4) is 0 Å². The summed E-state index contributed by atoms with van der Waals surface area (Å²) in [5.41, 5.74) is 0. The Morgan fingerprint density at radius 1 is 1.36 bits per heavy atom. The zero-order chi connectivity index (χ0) is 8.69. The third-order valence-electron chi connectivity index (χ3n) is 2.00. The number of hydrogen-bond acceptors (Lipinski definition) is 2. The van der Waals surface area contributed by atoms with Crippen LogP contribution in [0.5, 0.6) is 0 Å². The summed E-state index contributed by atoms with van der Waals surface area (Å²) in [6.07, 6.45) is 1.64. The van der Waals surface area contributed by atoms with E-state index in [-0.39, 0.29) is 6.10 Å². The zero-order valence-electron chi connectivity index (χ0n) is 7.84. The van der Waals surface area contributed by atoms with Gasteiger partial charge in [0.1, 0.15) is 0 Å². The number of aliphatic hydroxyl groups excluding tert-OH is 1. The Kier molecular flexibility index (Phi) is 6.57. The van der Waals surface area contributed by atoms with Crippen molar-refractivity contribution in [3.8, 4) is 0 Å². The molecule has 0 heterocycles. The molecule has 0 saturated heterocycles. The first kappa shape index (κ1) is 10.9. The van der Waals surface area contributed by atoms with Crippen LogP contribution in [0.1, 0.15) is 33.6 Å². The lowest BCUT2D eigenvalue weighted by molar-refractivity contribution is 0.0744. The van der Waals surface area contributed by atoms with Gasteiger partial charge in [0.2, 0.25) is 0 Å². The molecule has 0 aliphatic carbocycles. The van der Waals surface area contributed by atoms with Gasteiger partial charge in [0, 0.05) is 13.2 Å². The second-order valence-electron chi connectivity index (χ2n) is 2.94. The Bertz CT molecular complexity index is 83.6. The molecule has 0 aromatic rings. The Morgan fingerprint density at radius 3 is 2.45 bits per heavy atom. The fraction of sp³-hybridized carbons (Fsp3) is 1.00. The maximum atomic E-state index is 9.37. The molecule has 0 aromatic heterocycles. The standard InChI is InChI=1S/C9H20O2/c1-4-9(10)8(3)6-7-11-5-2/h8-10H,4-7H2,1-3H3. The first-order valence-corrected chi connectivity index (χ1v) is 4.48. The smallest absolute Gasteiger partial charge is 0.0564 e. The van der Waals surface area contributed by atoms with Gasteiger partial charge in [0.25, 0.3) is 0 Å². The quantitative estimate of drug-likeness (QED) is 0.600. The molecule has 0 aromatic carbocycles. The van der Waals surface area contributed by atoms with Crippen LogP contribution in [-0.2, 0) is 4.74 Å². The van der Waals surface area contributed by atoms with Crippen LogP contribution in [0.2, 0.25) is 0 Å². The van der Waals surface area contributed by atoms with Crippen LogP contribution in [0.15, 0.2) is 0 Å². The molecule has 11 heavy (non-hydrogen) atoms. The molecule has 0 fully saturated rings. The van der Waals surface area contributed by atoms with Gasteiger partial charge in [-0.15, -0.1) is 0 Å². The van der Waals surface area contributed by atoms with Crippen LogP contribution < -0.4 is 0 Å². The van der Waals surface area contributed by atoms with Crippen LogP contribution in [0.25, 0.3) is 0 Å². The van der Waals surface area contributed by atoms with E-state index in [4.69, 9.17) is 4.74 Å². The molecule has 0 saturated carbocycles. The Labute approximate surface area is 69.6 Å². The van der Waals surface area contributed by atoms with E-state index in [1.165, 1.54) is 0 Å². The molecule has 0 bridgehead atoms. The van der Waals surface area contributed by atoms with Crippen LogP contribution in [0, 0.1) is 5.92 Å². The SMILES string of the molecule is CCOCCC(C)C(O)CC. The molecule has 2 unspecified atom stereocenters. The summed E-state index contributed by atoms with van der Waals surface area (Å²) in [6, 6.07) is 0. The van der Waals surface area contributed by atoms with Crippen molar-refractivity contribution < 1.29 is 9.84 Å². The molecule has 0 aliphatic heterocycles. The van der Waals surface area contributed by atoms with E-state index in [0.717, 1.165) is 26.1 Å². The summed E-state index contributed by atoms with van der Waals surface area (Å²) in [5.74, 6) is 0.367. The van der Waals surface area contributed by atoms with Gasteiger partial charge in [-0.25, -0.2) is 0 Å². The number of aliphatic hydroxyl groups is 1. The third kappa shape index (κ3) is 5.22. The second-order valence-corrected chi connectivity index (χ2v) is 2.94. The summed E-state index contributed by atoms with van der Waals surface area (Å²) in [7, 11) is 0. The molecule has 0 spiro atoms. The Morgan fingerprint density at radius 2 is 2.00 bits per heavy atom. The summed E-state index contributed by atoms with van der Waals surface area (Å²) in [4.78, 5) is 0. The minimum absolute atomic E-state index is 0.157. The van der Waals surface area contributed by atoms with Gasteiger partial charge in [-0.3, -0.25) is 0 Å². The predicted octanol–water partition coefficient (Wildman–Crippen LogP) is 1.82. The van der Waals surface area contributed by atoms with Gasteiger partial charge in [-0.1, -0.05) is 13.8 Å². The van der Waals surface area contributed by atoms with Crippen molar-refractivity contribution in [1.82, 2.24) is 0 Å². The van der Waals surface area contributed by atoms with Crippen molar-refractivity contribution in [2.45, 2.75) is 39.7 Å². The highest BCUT2D eigenvalue weighted by Crippen LogP contribution is 2.10. The fourth-order valence-corrected chi connectivity index (χ4v) is 1.01. The molecule has 0 rings (SSSR count). The van der Waals surface area contributed by atoms with E-state index in [1.54, 1.807) is 0 Å². The van der Waals surface area contributed by atoms with E-state index in [2.05, 4.69) is 6.92 Å². The molecule has 2 nitrogen and oxygen atoms in total. The molecule has 68 valence electrons. The van der Waals surface area contributed by atoms with E-state index < -0.39 is 0 Å². The molecule has 2 heteroatoms. The highest BCUT2D eigenvalue weighted by molar-refractivity contribution is 4.61. The maximum Gasteiger partial charge on any atom is 0.0564 e. The predicted molar refractivity (Wildman–Crippen MR) is 46.6 cm³/mol. The largest absolute Gasteiger partial charge is 0.393 e. The molecule has 1 N–H and O–H groups in total. The van der Waals surface area contributed by atoms with E-state index in [0.29, 0.717) is 5.92 Å². The van der Waals surface area contributed by atoms with Crippen molar-refractivity contribution >= 4 is 0 Å². The van der Waals surface area contributed by atoms with E-state index >= 15 is 0 Å². The first-order valence-electron chi connectivity index (χ1n) is 4.48. The lowest BCUT2D eigenvalue weighted by atomic mass is 10.00. The maximum absolute atomic E-state index is 9.37. The summed E-state index contributed by atoms with van der Waals surface area (Å²) in [6.45, 7) is 7.60. The van der Waals surface area contributed by atoms with Crippen molar-refractivity contribution in [2.75, 3.05) is 13.2 Å². The normalized spacial score (nSPS) is 16.4. The van der Waals surface area contributed by atoms with E-state index in [1.807, 2.05) is 13.8 Å². The average molecular weight is 160 g/mol. The van der Waals surface area contributed by atoms with Crippen LogP contribution in [-0.4, -0.2) is 24.4 Å². The molecule has 0 aliphatic rings. The number of rotatable bonds is 6. The molecule has 0 radical (unpaired) electrons. The monoisotopic (exact) mass is 160 g/mol. The van der Waals surface area contributed by atoms with Gasteiger partial charge in [0.15, 0.2) is 0 Å². The number of hydrogen-bond donors (Lipinski definition) is 1. The van der Waals surface area contributed by atoms with Gasteiger partial charge >= 0.3 is 0 Å². The lowest BCUT2D eigenvalue weighted by Gasteiger charge is -2.16. The fourth-order valence-electron chi connectivity index (χ4n) is 1.01. The van der Waals surface area contributed by atoms with Crippen molar-refractivity contribution in [2.24, 2.45) is 5.92 Å². The first-order chi connectivity index (χ1) is 5.22. The highest BCUT2D eigenvalue weighted by Gasteiger charge is 2.10. The minimum Gasteiger partial charge on any atom is -0.393 e.